The quantitative estimate of drug-likeness (QED) is 0.877. The fourth-order valence-electron chi connectivity index (χ4n) is 2.86. The summed E-state index contributed by atoms with van der Waals surface area (Å²) in [5.41, 5.74) is 1.25. The Labute approximate surface area is 167 Å². The number of hydrogen-bond acceptors (Lipinski definition) is 5. The predicted molar refractivity (Wildman–Crippen MR) is 111 cm³/mol. The highest BCUT2D eigenvalue weighted by Crippen LogP contribution is 2.20. The van der Waals surface area contributed by atoms with Gasteiger partial charge >= 0.3 is 0 Å². The van der Waals surface area contributed by atoms with Gasteiger partial charge in [-0.15, -0.1) is 0 Å². The fourth-order valence-corrected chi connectivity index (χ4v) is 2.86. The molecule has 28 heavy (non-hydrogen) atoms. The van der Waals surface area contributed by atoms with E-state index >= 15 is 0 Å². The molecule has 2 aromatic heterocycles. The molecule has 7 nitrogen and oxygen atoms in total. The molecular formula is C21H30N6O. The minimum atomic E-state index is -0.241. The van der Waals surface area contributed by atoms with Crippen LogP contribution in [0.2, 0.25) is 0 Å². The summed E-state index contributed by atoms with van der Waals surface area (Å²) in [6, 6.07) is 1.88. The fraction of sp³-hybridized carbons (Fsp3) is 0.429. The van der Waals surface area contributed by atoms with Crippen LogP contribution in [0.5, 0.6) is 0 Å². The van der Waals surface area contributed by atoms with Gasteiger partial charge in [0.1, 0.15) is 12.1 Å². The van der Waals surface area contributed by atoms with Crippen LogP contribution in [0.4, 0.5) is 0 Å². The number of nitrogens with zero attached hydrogens (tertiary/aromatic N) is 5. The monoisotopic (exact) mass is 382 g/mol. The van der Waals surface area contributed by atoms with Gasteiger partial charge in [-0.25, -0.2) is 15.0 Å². The highest BCUT2D eigenvalue weighted by molar-refractivity contribution is 5.90. The number of allylic oxidation sites excluding steroid dienone is 3. The van der Waals surface area contributed by atoms with Crippen molar-refractivity contribution in [1.29, 1.82) is 0 Å². The first-order valence-electron chi connectivity index (χ1n) is 10.0. The van der Waals surface area contributed by atoms with Crippen LogP contribution in [0.15, 0.2) is 54.9 Å². The van der Waals surface area contributed by atoms with Crippen molar-refractivity contribution in [2.24, 2.45) is 0 Å². The highest BCUT2D eigenvalue weighted by atomic mass is 16.2. The van der Waals surface area contributed by atoms with Gasteiger partial charge in [-0.1, -0.05) is 39.8 Å². The number of nitrogens with one attached hydrogen (secondary N) is 1. The zero-order chi connectivity index (χ0) is 20.4. The standard InChI is InChI=1S/C17H18N6O.2C2H6/c24-17(16-19-7-6-15(21-16)22-9-8-18-12-22)20-13-10-23(11-13)14-4-2-1-3-5-14;2*1-2/h2,4-9,12-13H,1,3,10-11H2,(H,20,24);2*1-2H3. The number of amides is 1. The molecule has 1 saturated heterocycles. The molecule has 2 aromatic rings. The lowest BCUT2D eigenvalue weighted by Crippen LogP contribution is -2.58. The summed E-state index contributed by atoms with van der Waals surface area (Å²) in [5, 5.41) is 2.99. The Hall–Kier alpha value is -2.96. The lowest BCUT2D eigenvalue weighted by molar-refractivity contribution is 0.0857. The van der Waals surface area contributed by atoms with Gasteiger partial charge in [-0.2, -0.15) is 0 Å². The molecule has 150 valence electrons. The van der Waals surface area contributed by atoms with E-state index in [4.69, 9.17) is 0 Å². The van der Waals surface area contributed by atoms with Gasteiger partial charge < -0.3 is 10.2 Å². The molecule has 0 atom stereocenters. The Balaban J connectivity index is 0.000000660. The Morgan fingerprint density at radius 2 is 1.93 bits per heavy atom. The molecule has 0 unspecified atom stereocenters. The van der Waals surface area contributed by atoms with Crippen molar-refractivity contribution >= 4 is 5.91 Å². The van der Waals surface area contributed by atoms with Gasteiger partial charge in [0.2, 0.25) is 5.82 Å². The average molecular weight is 383 g/mol. The highest BCUT2D eigenvalue weighted by Gasteiger charge is 2.29. The van der Waals surface area contributed by atoms with Crippen molar-refractivity contribution in [3.8, 4) is 5.82 Å². The number of aromatic nitrogens is 4. The molecule has 3 heterocycles. The Kier molecular flexibility index (Phi) is 8.39. The van der Waals surface area contributed by atoms with Crippen LogP contribution in [0.25, 0.3) is 5.82 Å². The van der Waals surface area contributed by atoms with Gasteiger partial charge in [0.15, 0.2) is 0 Å². The molecule has 1 N–H and O–H groups in total. The summed E-state index contributed by atoms with van der Waals surface area (Å²) in [7, 11) is 0. The van der Waals surface area contributed by atoms with Gasteiger partial charge in [-0.3, -0.25) is 9.36 Å². The molecular weight excluding hydrogens is 352 g/mol. The number of likely N-dealkylation sites (tertiary alicyclic amines) is 1. The normalized spacial score (nSPS) is 15.3. The van der Waals surface area contributed by atoms with Crippen molar-refractivity contribution in [2.45, 2.75) is 46.6 Å². The third-order valence-corrected chi connectivity index (χ3v) is 4.17. The van der Waals surface area contributed by atoms with E-state index in [1.54, 1.807) is 35.6 Å². The second-order valence-corrected chi connectivity index (χ2v) is 5.89. The maximum Gasteiger partial charge on any atom is 0.289 e. The van der Waals surface area contributed by atoms with Crippen molar-refractivity contribution in [3.05, 3.63) is 60.7 Å². The van der Waals surface area contributed by atoms with E-state index in [1.807, 2.05) is 27.7 Å². The van der Waals surface area contributed by atoms with Gasteiger partial charge in [0.25, 0.3) is 5.91 Å². The maximum absolute atomic E-state index is 12.3. The van der Waals surface area contributed by atoms with Crippen LogP contribution in [-0.2, 0) is 0 Å². The molecule has 0 radical (unpaired) electrons. The largest absolute Gasteiger partial charge is 0.368 e. The van der Waals surface area contributed by atoms with Crippen LogP contribution < -0.4 is 5.32 Å². The summed E-state index contributed by atoms with van der Waals surface area (Å²) in [5.74, 6) is 0.562. The number of carbonyl (C=O) groups excluding carboxylic acids is 1. The SMILES string of the molecule is CC.CC.O=C(NC1CN(C2=CCCC=C2)C1)c1nccc(-n2ccnc2)n1. The van der Waals surface area contributed by atoms with Crippen molar-refractivity contribution in [1.82, 2.24) is 29.7 Å². The van der Waals surface area contributed by atoms with E-state index in [1.165, 1.54) is 5.70 Å². The van der Waals surface area contributed by atoms with E-state index in [0.717, 1.165) is 25.9 Å². The van der Waals surface area contributed by atoms with Crippen LogP contribution in [0, 0.1) is 0 Å². The van der Waals surface area contributed by atoms with E-state index in [2.05, 4.69) is 43.4 Å². The summed E-state index contributed by atoms with van der Waals surface area (Å²) in [6.45, 7) is 9.65. The Morgan fingerprint density at radius 3 is 2.57 bits per heavy atom. The molecule has 1 aliphatic carbocycles. The number of carbonyl (C=O) groups is 1. The minimum absolute atomic E-state index is 0.134. The molecule has 0 spiro atoms. The number of hydrogen-bond donors (Lipinski definition) is 1. The second-order valence-electron chi connectivity index (χ2n) is 5.89. The molecule has 0 bridgehead atoms. The first kappa shape index (κ1) is 21.3. The molecule has 1 amide bonds. The Bertz CT molecular complexity index is 791. The van der Waals surface area contributed by atoms with Crippen LogP contribution >= 0.6 is 0 Å². The summed E-state index contributed by atoms with van der Waals surface area (Å²) >= 11 is 0. The predicted octanol–water partition coefficient (Wildman–Crippen LogP) is 3.36. The first-order chi connectivity index (χ1) is 13.8. The summed E-state index contributed by atoms with van der Waals surface area (Å²) < 4.78 is 1.74. The lowest BCUT2D eigenvalue weighted by Gasteiger charge is -2.42. The second kappa shape index (κ2) is 11.0. The zero-order valence-corrected chi connectivity index (χ0v) is 17.2. The van der Waals surface area contributed by atoms with E-state index in [-0.39, 0.29) is 17.8 Å². The Morgan fingerprint density at radius 1 is 1.14 bits per heavy atom. The molecule has 1 aliphatic heterocycles. The van der Waals surface area contributed by atoms with Gasteiger partial charge in [0, 0.05) is 37.4 Å². The summed E-state index contributed by atoms with van der Waals surface area (Å²) in [6.07, 6.45) is 15.5. The number of rotatable bonds is 4. The molecule has 4 rings (SSSR count). The zero-order valence-electron chi connectivity index (χ0n) is 17.2. The van der Waals surface area contributed by atoms with E-state index in [9.17, 15) is 4.79 Å². The van der Waals surface area contributed by atoms with E-state index in [0.29, 0.717) is 5.82 Å². The average Bonchev–Trinajstić information content (AvgIpc) is 3.29. The topological polar surface area (TPSA) is 75.9 Å². The molecule has 1 fully saturated rings. The van der Waals surface area contributed by atoms with Gasteiger partial charge in [0.05, 0.1) is 6.04 Å². The summed E-state index contributed by atoms with van der Waals surface area (Å²) in [4.78, 5) is 27.0. The molecule has 0 saturated carbocycles. The van der Waals surface area contributed by atoms with Crippen LogP contribution in [0.3, 0.4) is 0 Å². The van der Waals surface area contributed by atoms with Crippen molar-refractivity contribution in [2.75, 3.05) is 13.1 Å². The third-order valence-electron chi connectivity index (χ3n) is 4.17. The smallest absolute Gasteiger partial charge is 0.289 e. The minimum Gasteiger partial charge on any atom is -0.368 e. The molecule has 0 aromatic carbocycles. The van der Waals surface area contributed by atoms with Crippen molar-refractivity contribution in [3.63, 3.8) is 0 Å². The first-order valence-corrected chi connectivity index (χ1v) is 10.0. The van der Waals surface area contributed by atoms with Crippen molar-refractivity contribution < 1.29 is 4.79 Å². The van der Waals surface area contributed by atoms with E-state index < -0.39 is 0 Å². The maximum atomic E-state index is 12.3. The lowest BCUT2D eigenvalue weighted by atomic mass is 10.0. The molecule has 2 aliphatic rings. The van der Waals surface area contributed by atoms with Gasteiger partial charge in [-0.05, 0) is 25.0 Å². The molecule has 7 heteroatoms. The third kappa shape index (κ3) is 5.28. The van der Waals surface area contributed by atoms with Crippen LogP contribution in [0.1, 0.15) is 51.2 Å². The number of imidazole rings is 1. The van der Waals surface area contributed by atoms with Crippen LogP contribution in [-0.4, -0.2) is 49.5 Å².